The van der Waals surface area contributed by atoms with E-state index in [2.05, 4.69) is 10.5 Å². The summed E-state index contributed by atoms with van der Waals surface area (Å²) in [5.74, 6) is 1.09. The van der Waals surface area contributed by atoms with Gasteiger partial charge in [-0.05, 0) is 71.8 Å². The van der Waals surface area contributed by atoms with E-state index >= 15 is 0 Å². The largest absolute Gasteiger partial charge is 0.493 e. The number of fused-ring (bicyclic) bond motifs is 1. The monoisotopic (exact) mass is 528 g/mol. The number of amides is 1. The predicted octanol–water partition coefficient (Wildman–Crippen LogP) is 5.00. The van der Waals surface area contributed by atoms with Gasteiger partial charge < -0.3 is 23.7 Å². The standard InChI is InChI=1S/C30H28N2O7/c1-4-37-28-15-20(9-13-26(28)39-30(34)23-11-14-25(35-2)27(17-23)36-3)18-31-32-29(33)19-38-24-12-10-21-7-5-6-8-22(21)16-24/h5-18H,4,19H2,1-3H3,(H,32,33). The first-order valence-electron chi connectivity index (χ1n) is 12.1. The molecular formula is C30H28N2O7. The number of benzene rings is 4. The molecule has 0 unspecified atom stereocenters. The van der Waals surface area contributed by atoms with Gasteiger partial charge in [0.15, 0.2) is 29.6 Å². The number of rotatable bonds is 11. The fourth-order valence-electron chi connectivity index (χ4n) is 3.70. The maximum atomic E-state index is 12.7. The van der Waals surface area contributed by atoms with Crippen molar-refractivity contribution in [2.24, 2.45) is 5.10 Å². The third-order valence-electron chi connectivity index (χ3n) is 5.58. The zero-order valence-corrected chi connectivity index (χ0v) is 21.8. The van der Waals surface area contributed by atoms with Gasteiger partial charge in [-0.25, -0.2) is 10.2 Å². The van der Waals surface area contributed by atoms with Crippen molar-refractivity contribution in [1.82, 2.24) is 5.43 Å². The van der Waals surface area contributed by atoms with Gasteiger partial charge in [-0.3, -0.25) is 4.79 Å². The van der Waals surface area contributed by atoms with Gasteiger partial charge in [0.25, 0.3) is 5.91 Å². The number of ether oxygens (including phenoxy) is 5. The van der Waals surface area contributed by atoms with Crippen molar-refractivity contribution in [2.45, 2.75) is 6.92 Å². The SMILES string of the molecule is CCOc1cc(C=NNC(=O)COc2ccc3ccccc3c2)ccc1OC(=O)c1ccc(OC)c(OC)c1. The molecule has 0 aromatic heterocycles. The smallest absolute Gasteiger partial charge is 0.343 e. The quantitative estimate of drug-likeness (QED) is 0.126. The molecule has 9 heteroatoms. The zero-order valence-electron chi connectivity index (χ0n) is 21.8. The molecule has 1 N–H and O–H groups in total. The Morgan fingerprint density at radius 3 is 2.33 bits per heavy atom. The molecule has 0 aliphatic heterocycles. The van der Waals surface area contributed by atoms with Gasteiger partial charge in [0.05, 0.1) is 32.6 Å². The van der Waals surface area contributed by atoms with Crippen LogP contribution < -0.4 is 29.1 Å². The fourth-order valence-corrected chi connectivity index (χ4v) is 3.70. The number of nitrogens with zero attached hydrogens (tertiary/aromatic N) is 1. The summed E-state index contributed by atoms with van der Waals surface area (Å²) in [6, 6.07) is 23.2. The molecule has 0 spiro atoms. The van der Waals surface area contributed by atoms with Crippen LogP contribution in [0.5, 0.6) is 28.7 Å². The third-order valence-corrected chi connectivity index (χ3v) is 5.58. The Labute approximate surface area is 225 Å². The highest BCUT2D eigenvalue weighted by atomic mass is 16.6. The van der Waals surface area contributed by atoms with Gasteiger partial charge in [-0.2, -0.15) is 5.10 Å². The van der Waals surface area contributed by atoms with Crippen molar-refractivity contribution in [3.63, 3.8) is 0 Å². The second-order valence-electron chi connectivity index (χ2n) is 8.19. The van der Waals surface area contributed by atoms with Crippen molar-refractivity contribution < 1.29 is 33.3 Å². The second-order valence-corrected chi connectivity index (χ2v) is 8.19. The number of methoxy groups -OCH3 is 2. The molecule has 1 amide bonds. The van der Waals surface area contributed by atoms with Gasteiger partial charge in [-0.1, -0.05) is 30.3 Å². The van der Waals surface area contributed by atoms with Crippen LogP contribution in [0, 0.1) is 0 Å². The van der Waals surface area contributed by atoms with E-state index in [0.29, 0.717) is 35.2 Å². The number of carbonyl (C=O) groups is 2. The van der Waals surface area contributed by atoms with Crippen LogP contribution in [0.25, 0.3) is 10.8 Å². The Kier molecular flexibility index (Phi) is 8.97. The van der Waals surface area contributed by atoms with Gasteiger partial charge in [-0.15, -0.1) is 0 Å². The van der Waals surface area contributed by atoms with E-state index in [-0.39, 0.29) is 17.9 Å². The summed E-state index contributed by atoms with van der Waals surface area (Å²) in [4.78, 5) is 24.9. The maximum absolute atomic E-state index is 12.7. The van der Waals surface area contributed by atoms with E-state index in [1.807, 2.05) is 49.4 Å². The molecule has 39 heavy (non-hydrogen) atoms. The average Bonchev–Trinajstić information content (AvgIpc) is 2.96. The average molecular weight is 529 g/mol. The van der Waals surface area contributed by atoms with Gasteiger partial charge >= 0.3 is 5.97 Å². The fraction of sp³-hybridized carbons (Fsp3) is 0.167. The lowest BCUT2D eigenvalue weighted by molar-refractivity contribution is -0.123. The van der Waals surface area contributed by atoms with Crippen molar-refractivity contribution in [3.8, 4) is 28.7 Å². The van der Waals surface area contributed by atoms with Gasteiger partial charge in [0, 0.05) is 0 Å². The molecule has 4 rings (SSSR count). The lowest BCUT2D eigenvalue weighted by atomic mass is 10.1. The van der Waals surface area contributed by atoms with Gasteiger partial charge in [0.2, 0.25) is 0 Å². The van der Waals surface area contributed by atoms with Crippen molar-refractivity contribution in [1.29, 1.82) is 0 Å². The number of carbonyl (C=O) groups excluding carboxylic acids is 2. The Morgan fingerprint density at radius 1 is 0.795 bits per heavy atom. The van der Waals surface area contributed by atoms with Crippen molar-refractivity contribution in [3.05, 3.63) is 90.0 Å². The maximum Gasteiger partial charge on any atom is 0.343 e. The van der Waals surface area contributed by atoms with E-state index in [0.717, 1.165) is 10.8 Å². The van der Waals surface area contributed by atoms with Crippen molar-refractivity contribution >= 4 is 28.9 Å². The molecule has 0 radical (unpaired) electrons. The minimum Gasteiger partial charge on any atom is -0.493 e. The first kappa shape index (κ1) is 27.0. The molecule has 0 fully saturated rings. The van der Waals surface area contributed by atoms with Crippen LogP contribution in [0.1, 0.15) is 22.8 Å². The van der Waals surface area contributed by atoms with E-state index in [9.17, 15) is 9.59 Å². The minimum absolute atomic E-state index is 0.190. The van der Waals surface area contributed by atoms with E-state index in [1.54, 1.807) is 30.3 Å². The molecule has 0 heterocycles. The Hall–Kier alpha value is -5.05. The first-order valence-corrected chi connectivity index (χ1v) is 12.1. The van der Waals surface area contributed by atoms with Crippen LogP contribution in [-0.2, 0) is 4.79 Å². The first-order chi connectivity index (χ1) is 19.0. The Morgan fingerprint density at radius 2 is 1.56 bits per heavy atom. The Balaban J connectivity index is 1.36. The summed E-state index contributed by atoms with van der Waals surface area (Å²) in [6.07, 6.45) is 1.45. The van der Waals surface area contributed by atoms with Gasteiger partial charge in [0.1, 0.15) is 5.75 Å². The number of nitrogens with one attached hydrogen (secondary N) is 1. The second kappa shape index (κ2) is 13.0. The molecule has 9 nitrogen and oxygen atoms in total. The summed E-state index contributed by atoms with van der Waals surface area (Å²) >= 11 is 0. The molecule has 0 aliphatic rings. The van der Waals surface area contributed by atoms with Crippen LogP contribution in [0.15, 0.2) is 84.0 Å². The van der Waals surface area contributed by atoms with Crippen LogP contribution in [0.4, 0.5) is 0 Å². The van der Waals surface area contributed by atoms with Crippen LogP contribution in [-0.4, -0.2) is 45.5 Å². The molecule has 200 valence electrons. The van der Waals surface area contributed by atoms with E-state index in [1.165, 1.54) is 26.5 Å². The van der Waals surface area contributed by atoms with Crippen LogP contribution in [0.2, 0.25) is 0 Å². The normalized spacial score (nSPS) is 10.7. The molecule has 0 saturated heterocycles. The minimum atomic E-state index is -0.586. The van der Waals surface area contributed by atoms with E-state index < -0.39 is 11.9 Å². The van der Waals surface area contributed by atoms with E-state index in [4.69, 9.17) is 23.7 Å². The molecule has 4 aromatic rings. The third kappa shape index (κ3) is 7.04. The number of hydrogen-bond donors (Lipinski definition) is 1. The highest BCUT2D eigenvalue weighted by molar-refractivity contribution is 5.92. The molecule has 0 atom stereocenters. The highest BCUT2D eigenvalue weighted by Crippen LogP contribution is 2.31. The number of hydrazone groups is 1. The highest BCUT2D eigenvalue weighted by Gasteiger charge is 2.16. The molecule has 0 saturated carbocycles. The summed E-state index contributed by atoms with van der Waals surface area (Å²) < 4.78 is 27.3. The summed E-state index contributed by atoms with van der Waals surface area (Å²) in [6.45, 7) is 1.98. The van der Waals surface area contributed by atoms with Crippen LogP contribution >= 0.6 is 0 Å². The summed E-state index contributed by atoms with van der Waals surface area (Å²) in [7, 11) is 3.00. The van der Waals surface area contributed by atoms with Crippen LogP contribution in [0.3, 0.4) is 0 Å². The summed E-state index contributed by atoms with van der Waals surface area (Å²) in [5, 5.41) is 6.10. The lowest BCUT2D eigenvalue weighted by Gasteiger charge is -2.12. The topological polar surface area (TPSA) is 105 Å². The number of hydrogen-bond acceptors (Lipinski definition) is 8. The Bertz CT molecular complexity index is 1500. The molecule has 0 aliphatic carbocycles. The molecule has 0 bridgehead atoms. The molecular weight excluding hydrogens is 500 g/mol. The molecule has 4 aromatic carbocycles. The number of esters is 1. The summed E-state index contributed by atoms with van der Waals surface area (Å²) in [5.41, 5.74) is 3.35. The lowest BCUT2D eigenvalue weighted by Crippen LogP contribution is -2.24. The predicted molar refractivity (Wildman–Crippen MR) is 147 cm³/mol. The zero-order chi connectivity index (χ0) is 27.6. The van der Waals surface area contributed by atoms with Crippen molar-refractivity contribution in [2.75, 3.05) is 27.4 Å².